The Kier molecular flexibility index (Phi) is 7.13. The molecule has 1 aliphatic rings. The molecule has 0 spiro atoms. The van der Waals surface area contributed by atoms with Crippen molar-refractivity contribution >= 4 is 58.6 Å². The van der Waals surface area contributed by atoms with Crippen LogP contribution in [0, 0.1) is 6.92 Å². The van der Waals surface area contributed by atoms with E-state index in [2.05, 4.69) is 10.4 Å². The topological polar surface area (TPSA) is 109 Å². The maximum Gasteiger partial charge on any atom is 0.295 e. The van der Waals surface area contributed by atoms with Crippen LogP contribution in [-0.4, -0.2) is 54.9 Å². The number of thiocarbonyl (C=S) groups is 1. The number of amides is 3. The highest BCUT2D eigenvalue weighted by Crippen LogP contribution is 2.18. The van der Waals surface area contributed by atoms with Gasteiger partial charge < -0.3 is 5.32 Å². The van der Waals surface area contributed by atoms with Crippen molar-refractivity contribution < 1.29 is 14.4 Å². The number of anilines is 1. The summed E-state index contributed by atoms with van der Waals surface area (Å²) >= 11 is 11.4. The fourth-order valence-electron chi connectivity index (χ4n) is 3.67. The van der Waals surface area contributed by atoms with E-state index in [0.717, 1.165) is 5.01 Å². The van der Waals surface area contributed by atoms with Crippen molar-refractivity contribution in [2.75, 3.05) is 11.9 Å². The summed E-state index contributed by atoms with van der Waals surface area (Å²) in [6, 6.07) is 15.9. The zero-order chi connectivity index (χ0) is 26.0. The van der Waals surface area contributed by atoms with E-state index in [-0.39, 0.29) is 16.4 Å². The first-order chi connectivity index (χ1) is 17.2. The molecular formula is C24H21ClN6O4S. The van der Waals surface area contributed by atoms with Crippen molar-refractivity contribution in [2.24, 2.45) is 12.1 Å². The third kappa shape index (κ3) is 4.70. The highest BCUT2D eigenvalue weighted by molar-refractivity contribution is 7.80. The van der Waals surface area contributed by atoms with Crippen molar-refractivity contribution in [1.82, 2.24) is 19.3 Å². The Morgan fingerprint density at radius 3 is 2.44 bits per heavy atom. The van der Waals surface area contributed by atoms with Crippen molar-refractivity contribution in [1.29, 1.82) is 0 Å². The van der Waals surface area contributed by atoms with Gasteiger partial charge in [0, 0.05) is 17.6 Å². The molecule has 0 atom stereocenters. The van der Waals surface area contributed by atoms with Crippen LogP contribution in [0.25, 0.3) is 5.69 Å². The smallest absolute Gasteiger partial charge is 0.295 e. The van der Waals surface area contributed by atoms with Crippen molar-refractivity contribution in [3.63, 3.8) is 0 Å². The van der Waals surface area contributed by atoms with Crippen LogP contribution < -0.4 is 10.9 Å². The molecule has 2 heterocycles. The fourth-order valence-corrected chi connectivity index (χ4v) is 4.20. The largest absolute Gasteiger partial charge is 0.370 e. The van der Waals surface area contributed by atoms with Crippen LogP contribution in [0.5, 0.6) is 0 Å². The molecule has 0 saturated carbocycles. The number of carbonyl (C=O) groups excluding carboxylic acids is 3. The molecule has 1 N–H and O–H groups in total. The maximum absolute atomic E-state index is 13.1. The molecule has 10 nitrogen and oxygen atoms in total. The standard InChI is InChI=1S/C24H21ClN6O4S/c1-15-22(23(35)31(28(15)2)17-9-4-3-5-10-17)26-14-21(34)29-19(32)12-20(33)30(24(29)36)27-13-16-8-6-7-11-18(16)25/h3-11,13,26H,12,14H2,1-2H3/b27-13+. The van der Waals surface area contributed by atoms with E-state index in [4.69, 9.17) is 23.8 Å². The van der Waals surface area contributed by atoms with Gasteiger partial charge in [0.1, 0.15) is 12.1 Å². The van der Waals surface area contributed by atoms with E-state index in [9.17, 15) is 19.2 Å². The molecule has 3 amide bonds. The molecule has 184 valence electrons. The van der Waals surface area contributed by atoms with Gasteiger partial charge >= 0.3 is 0 Å². The second-order valence-electron chi connectivity index (χ2n) is 7.84. The Morgan fingerprint density at radius 2 is 1.75 bits per heavy atom. The first-order valence-corrected chi connectivity index (χ1v) is 11.6. The summed E-state index contributed by atoms with van der Waals surface area (Å²) < 4.78 is 3.12. The number of para-hydroxylation sites is 1. The number of nitrogens with zero attached hydrogens (tertiary/aromatic N) is 5. The molecule has 1 aliphatic heterocycles. The highest BCUT2D eigenvalue weighted by atomic mass is 35.5. The first-order valence-electron chi connectivity index (χ1n) is 10.8. The second-order valence-corrected chi connectivity index (χ2v) is 8.62. The third-order valence-electron chi connectivity index (χ3n) is 5.60. The molecule has 4 rings (SSSR count). The summed E-state index contributed by atoms with van der Waals surface area (Å²) in [6.45, 7) is 1.32. The number of halogens is 1. The number of benzene rings is 2. The Morgan fingerprint density at radius 1 is 1.08 bits per heavy atom. The number of rotatable bonds is 6. The van der Waals surface area contributed by atoms with Crippen LogP contribution in [0.15, 0.2) is 64.5 Å². The minimum absolute atomic E-state index is 0.203. The number of hydrogen-bond acceptors (Lipinski definition) is 7. The summed E-state index contributed by atoms with van der Waals surface area (Å²) in [5, 5.41) is 7.72. The van der Waals surface area contributed by atoms with E-state index in [1.54, 1.807) is 55.1 Å². The van der Waals surface area contributed by atoms with Crippen LogP contribution in [-0.2, 0) is 21.4 Å². The van der Waals surface area contributed by atoms with Crippen LogP contribution in [0.3, 0.4) is 0 Å². The Hall–Kier alpha value is -4.09. The number of aromatic nitrogens is 2. The van der Waals surface area contributed by atoms with Gasteiger partial charge in [-0.25, -0.2) is 9.58 Å². The molecular weight excluding hydrogens is 504 g/mol. The zero-order valence-electron chi connectivity index (χ0n) is 19.3. The van der Waals surface area contributed by atoms with Crippen molar-refractivity contribution in [3.05, 3.63) is 81.2 Å². The van der Waals surface area contributed by atoms with E-state index in [1.165, 1.54) is 10.9 Å². The number of hydrazone groups is 1. The summed E-state index contributed by atoms with van der Waals surface area (Å²) in [5.74, 6) is -2.17. The minimum Gasteiger partial charge on any atom is -0.370 e. The van der Waals surface area contributed by atoms with Crippen LogP contribution in [0.4, 0.5) is 5.69 Å². The average Bonchev–Trinajstić information content (AvgIpc) is 3.06. The average molecular weight is 525 g/mol. The monoisotopic (exact) mass is 524 g/mol. The Bertz CT molecular complexity index is 1460. The van der Waals surface area contributed by atoms with Crippen LogP contribution >= 0.6 is 23.8 Å². The van der Waals surface area contributed by atoms with Gasteiger partial charge in [0.25, 0.3) is 17.4 Å². The second kappa shape index (κ2) is 10.3. The molecule has 12 heteroatoms. The summed E-state index contributed by atoms with van der Waals surface area (Å²) in [7, 11) is 1.72. The molecule has 1 fully saturated rings. The van der Waals surface area contributed by atoms with Crippen molar-refractivity contribution in [3.8, 4) is 5.69 Å². The van der Waals surface area contributed by atoms with Gasteiger partial charge in [-0.05, 0) is 37.3 Å². The molecule has 0 aliphatic carbocycles. The zero-order valence-corrected chi connectivity index (χ0v) is 20.9. The lowest BCUT2D eigenvalue weighted by Gasteiger charge is -2.30. The molecule has 36 heavy (non-hydrogen) atoms. The first kappa shape index (κ1) is 25.0. The maximum atomic E-state index is 13.1. The SMILES string of the molecule is Cc1c(NCC(=O)N2C(=O)CC(=O)N(/N=C/c3ccccc3Cl)C2=S)c(=O)n(-c2ccccc2)n1C. The van der Waals surface area contributed by atoms with Gasteiger partial charge in [-0.3, -0.25) is 23.9 Å². The fraction of sp³-hybridized carbons (Fsp3) is 0.167. The lowest BCUT2D eigenvalue weighted by Crippen LogP contribution is -2.56. The van der Waals surface area contributed by atoms with Gasteiger partial charge in [0.15, 0.2) is 0 Å². The van der Waals surface area contributed by atoms with E-state index < -0.39 is 30.7 Å². The quantitative estimate of drug-likeness (QED) is 0.301. The highest BCUT2D eigenvalue weighted by Gasteiger charge is 2.39. The van der Waals surface area contributed by atoms with Crippen molar-refractivity contribution in [2.45, 2.75) is 13.3 Å². The van der Waals surface area contributed by atoms with Gasteiger partial charge in [0.05, 0.1) is 24.1 Å². The van der Waals surface area contributed by atoms with Gasteiger partial charge in [-0.15, -0.1) is 0 Å². The van der Waals surface area contributed by atoms with Crippen LogP contribution in [0.1, 0.15) is 17.7 Å². The van der Waals surface area contributed by atoms with E-state index >= 15 is 0 Å². The van der Waals surface area contributed by atoms with E-state index in [1.807, 2.05) is 18.2 Å². The minimum atomic E-state index is -0.771. The molecule has 1 saturated heterocycles. The molecule has 0 bridgehead atoms. The lowest BCUT2D eigenvalue weighted by atomic mass is 10.2. The number of nitrogens with one attached hydrogen (secondary N) is 1. The number of carbonyl (C=O) groups is 3. The number of hydrogen-bond donors (Lipinski definition) is 1. The summed E-state index contributed by atoms with van der Waals surface area (Å²) in [4.78, 5) is 51.7. The third-order valence-corrected chi connectivity index (χ3v) is 6.30. The molecule has 0 unspecified atom stereocenters. The van der Waals surface area contributed by atoms with Gasteiger partial charge in [-0.1, -0.05) is 48.0 Å². The molecule has 1 aromatic heterocycles. The normalized spacial score (nSPS) is 14.1. The lowest BCUT2D eigenvalue weighted by molar-refractivity contribution is -0.145. The Balaban J connectivity index is 1.53. The predicted octanol–water partition coefficient (Wildman–Crippen LogP) is 2.46. The Labute approximate surface area is 216 Å². The van der Waals surface area contributed by atoms with Gasteiger partial charge in [-0.2, -0.15) is 10.1 Å². The molecule has 0 radical (unpaired) electrons. The summed E-state index contributed by atoms with van der Waals surface area (Å²) in [5.41, 5.74) is 1.62. The molecule has 3 aromatic rings. The van der Waals surface area contributed by atoms with E-state index in [0.29, 0.717) is 26.9 Å². The predicted molar refractivity (Wildman–Crippen MR) is 139 cm³/mol. The number of imide groups is 1. The molecule has 2 aromatic carbocycles. The van der Waals surface area contributed by atoms with Crippen LogP contribution in [0.2, 0.25) is 5.02 Å². The summed E-state index contributed by atoms with van der Waals surface area (Å²) in [6.07, 6.45) is 0.736. The van der Waals surface area contributed by atoms with Gasteiger partial charge in [0.2, 0.25) is 11.0 Å².